The number of piperazine rings is 1. The lowest BCUT2D eigenvalue weighted by Crippen LogP contribution is -2.65. The van der Waals surface area contributed by atoms with Crippen LogP contribution in [-0.2, 0) is 16.0 Å². The molecule has 2 amide bonds. The normalized spacial score (nSPS) is 22.0. The topological polar surface area (TPSA) is 62.3 Å². The van der Waals surface area contributed by atoms with Crippen LogP contribution in [0.5, 0.6) is 0 Å². The van der Waals surface area contributed by atoms with Crippen molar-refractivity contribution in [3.63, 3.8) is 0 Å². The second kappa shape index (κ2) is 4.92. The Morgan fingerprint density at radius 3 is 2.84 bits per heavy atom. The van der Waals surface area contributed by atoms with Gasteiger partial charge < -0.3 is 10.2 Å². The zero-order valence-corrected chi connectivity index (χ0v) is 11.5. The predicted molar refractivity (Wildman–Crippen MR) is 71.7 cm³/mol. The first-order valence-electron chi connectivity index (χ1n) is 6.67. The quantitative estimate of drug-likeness (QED) is 0.896. The Kier molecular flexibility index (Phi) is 3.26. The van der Waals surface area contributed by atoms with Gasteiger partial charge in [0.1, 0.15) is 5.54 Å². The molecule has 19 heavy (non-hydrogen) atoms. The molecular formula is C13H17N3O2S. The molecule has 1 aromatic rings. The fourth-order valence-corrected chi connectivity index (χ4v) is 3.61. The highest BCUT2D eigenvalue weighted by Gasteiger charge is 2.47. The summed E-state index contributed by atoms with van der Waals surface area (Å²) < 4.78 is 0. The summed E-state index contributed by atoms with van der Waals surface area (Å²) in [7, 11) is 0. The first kappa shape index (κ1) is 12.6. The van der Waals surface area contributed by atoms with E-state index in [4.69, 9.17) is 0 Å². The summed E-state index contributed by atoms with van der Waals surface area (Å²) >= 11 is 1.55. The number of carbonyl (C=O) groups excluding carboxylic acids is 2. The van der Waals surface area contributed by atoms with E-state index in [-0.39, 0.29) is 18.4 Å². The van der Waals surface area contributed by atoms with Crippen molar-refractivity contribution in [1.82, 2.24) is 15.2 Å². The van der Waals surface area contributed by atoms with Gasteiger partial charge in [0.05, 0.1) is 17.7 Å². The van der Waals surface area contributed by atoms with Crippen molar-refractivity contribution >= 4 is 23.2 Å². The molecule has 1 aliphatic heterocycles. The summed E-state index contributed by atoms with van der Waals surface area (Å²) in [5.41, 5.74) is 2.18. The largest absolute Gasteiger partial charge is 0.340 e. The number of nitrogens with zero attached hydrogens (tertiary/aromatic N) is 2. The lowest BCUT2D eigenvalue weighted by Gasteiger charge is -2.39. The number of nitrogens with one attached hydrogen (secondary N) is 1. The third kappa shape index (κ3) is 2.36. The van der Waals surface area contributed by atoms with Gasteiger partial charge in [-0.15, -0.1) is 11.3 Å². The van der Waals surface area contributed by atoms with Crippen LogP contribution in [0, 0.1) is 0 Å². The van der Waals surface area contributed by atoms with Crippen LogP contribution in [0.3, 0.4) is 0 Å². The Morgan fingerprint density at radius 2 is 2.16 bits per heavy atom. The maximum atomic E-state index is 12.5. The Bertz CT molecular complexity index is 480. The van der Waals surface area contributed by atoms with Crippen molar-refractivity contribution in [2.75, 3.05) is 13.1 Å². The molecule has 2 heterocycles. The Balaban J connectivity index is 1.70. The smallest absolute Gasteiger partial charge is 0.248 e. The van der Waals surface area contributed by atoms with Gasteiger partial charge in [-0.3, -0.25) is 9.59 Å². The van der Waals surface area contributed by atoms with Crippen molar-refractivity contribution in [2.45, 2.75) is 37.6 Å². The molecule has 1 saturated carbocycles. The van der Waals surface area contributed by atoms with E-state index in [1.807, 2.05) is 5.38 Å². The van der Waals surface area contributed by atoms with Crippen LogP contribution < -0.4 is 5.32 Å². The van der Waals surface area contributed by atoms with Crippen LogP contribution in [0.25, 0.3) is 0 Å². The standard InChI is InChI=1S/C13H17N3O2S/c17-11-7-16(6-3-10-8-19-9-14-10)12(18)13(15-11)4-1-2-5-13/h8-9H,1-7H2,(H,15,17). The van der Waals surface area contributed by atoms with E-state index in [9.17, 15) is 9.59 Å². The van der Waals surface area contributed by atoms with Crippen LogP contribution in [0.15, 0.2) is 10.9 Å². The van der Waals surface area contributed by atoms with E-state index < -0.39 is 5.54 Å². The number of aromatic nitrogens is 1. The van der Waals surface area contributed by atoms with Crippen molar-refractivity contribution in [3.8, 4) is 0 Å². The second-order valence-electron chi connectivity index (χ2n) is 5.29. The van der Waals surface area contributed by atoms with Crippen molar-refractivity contribution in [1.29, 1.82) is 0 Å². The molecule has 2 aliphatic rings. The molecule has 1 spiro atoms. The summed E-state index contributed by atoms with van der Waals surface area (Å²) in [6.07, 6.45) is 4.33. The van der Waals surface area contributed by atoms with Gasteiger partial charge >= 0.3 is 0 Å². The minimum atomic E-state index is -0.600. The highest BCUT2D eigenvalue weighted by molar-refractivity contribution is 7.07. The highest BCUT2D eigenvalue weighted by Crippen LogP contribution is 2.33. The van der Waals surface area contributed by atoms with Crippen molar-refractivity contribution < 1.29 is 9.59 Å². The van der Waals surface area contributed by atoms with E-state index >= 15 is 0 Å². The molecular weight excluding hydrogens is 262 g/mol. The summed E-state index contributed by atoms with van der Waals surface area (Å²) in [4.78, 5) is 30.3. The molecule has 6 heteroatoms. The molecule has 2 fully saturated rings. The van der Waals surface area contributed by atoms with Crippen LogP contribution in [0.2, 0.25) is 0 Å². The molecule has 102 valence electrons. The van der Waals surface area contributed by atoms with Gasteiger partial charge in [-0.05, 0) is 12.8 Å². The lowest BCUT2D eigenvalue weighted by molar-refractivity contribution is -0.149. The zero-order chi connectivity index (χ0) is 13.3. The summed E-state index contributed by atoms with van der Waals surface area (Å²) in [5, 5.41) is 4.91. The van der Waals surface area contributed by atoms with Crippen LogP contribution in [0.1, 0.15) is 31.4 Å². The fourth-order valence-electron chi connectivity index (χ4n) is 3.02. The molecule has 1 aliphatic carbocycles. The van der Waals surface area contributed by atoms with Gasteiger partial charge in [-0.25, -0.2) is 4.98 Å². The number of hydrogen-bond donors (Lipinski definition) is 1. The Hall–Kier alpha value is -1.43. The van der Waals surface area contributed by atoms with Gasteiger partial charge in [0.2, 0.25) is 11.8 Å². The monoisotopic (exact) mass is 279 g/mol. The number of hydrogen-bond acceptors (Lipinski definition) is 4. The molecule has 0 radical (unpaired) electrons. The third-order valence-electron chi connectivity index (χ3n) is 3.99. The SMILES string of the molecule is O=C1CN(CCc2cscn2)C(=O)C2(CCCC2)N1. The molecule has 0 aromatic carbocycles. The van der Waals surface area contributed by atoms with Gasteiger partial charge in [0, 0.05) is 18.3 Å². The van der Waals surface area contributed by atoms with E-state index in [0.29, 0.717) is 6.54 Å². The predicted octanol–water partition coefficient (Wildman–Crippen LogP) is 0.957. The molecule has 1 saturated heterocycles. The van der Waals surface area contributed by atoms with Gasteiger partial charge in [0.15, 0.2) is 0 Å². The zero-order valence-electron chi connectivity index (χ0n) is 10.7. The van der Waals surface area contributed by atoms with Crippen molar-refractivity contribution in [2.24, 2.45) is 0 Å². The van der Waals surface area contributed by atoms with Gasteiger partial charge in [0.25, 0.3) is 0 Å². The molecule has 0 atom stereocenters. The Labute approximate surface area is 116 Å². The van der Waals surface area contributed by atoms with E-state index in [2.05, 4.69) is 10.3 Å². The van der Waals surface area contributed by atoms with Crippen LogP contribution in [0.4, 0.5) is 0 Å². The Morgan fingerprint density at radius 1 is 1.37 bits per heavy atom. The summed E-state index contributed by atoms with van der Waals surface area (Å²) in [6, 6.07) is 0. The maximum Gasteiger partial charge on any atom is 0.248 e. The van der Waals surface area contributed by atoms with Gasteiger partial charge in [-0.1, -0.05) is 12.8 Å². The molecule has 0 unspecified atom stereocenters. The first-order chi connectivity index (χ1) is 9.20. The molecule has 1 aromatic heterocycles. The van der Waals surface area contributed by atoms with E-state index in [1.165, 1.54) is 0 Å². The van der Waals surface area contributed by atoms with Crippen LogP contribution in [-0.4, -0.2) is 40.3 Å². The number of amides is 2. The highest BCUT2D eigenvalue weighted by atomic mass is 32.1. The first-order valence-corrected chi connectivity index (χ1v) is 7.61. The lowest BCUT2D eigenvalue weighted by atomic mass is 9.93. The summed E-state index contributed by atoms with van der Waals surface area (Å²) in [6.45, 7) is 0.766. The number of rotatable bonds is 3. The summed E-state index contributed by atoms with van der Waals surface area (Å²) in [5.74, 6) is 0.0691. The van der Waals surface area contributed by atoms with Crippen molar-refractivity contribution in [3.05, 3.63) is 16.6 Å². The molecule has 0 bridgehead atoms. The van der Waals surface area contributed by atoms with E-state index in [1.54, 1.807) is 21.7 Å². The minimum Gasteiger partial charge on any atom is -0.340 e. The van der Waals surface area contributed by atoms with Crippen LogP contribution >= 0.6 is 11.3 Å². The number of thiazole rings is 1. The average molecular weight is 279 g/mol. The second-order valence-corrected chi connectivity index (χ2v) is 6.01. The molecule has 1 N–H and O–H groups in total. The van der Waals surface area contributed by atoms with E-state index in [0.717, 1.165) is 37.8 Å². The molecule has 5 nitrogen and oxygen atoms in total. The average Bonchev–Trinajstić information content (AvgIpc) is 3.04. The molecule has 3 rings (SSSR count). The van der Waals surface area contributed by atoms with Gasteiger partial charge in [-0.2, -0.15) is 0 Å². The third-order valence-corrected chi connectivity index (χ3v) is 4.62. The fraction of sp³-hybridized carbons (Fsp3) is 0.615. The minimum absolute atomic E-state index is 0.0280. The maximum absolute atomic E-state index is 12.5. The number of carbonyl (C=O) groups is 2.